The van der Waals surface area contributed by atoms with E-state index in [1.54, 1.807) is 4.90 Å². The smallest absolute Gasteiger partial charge is 0.408 e. The number of amides is 2. The number of fused-ring (bicyclic) bond motifs is 1. The van der Waals surface area contributed by atoms with Gasteiger partial charge in [0.2, 0.25) is 5.91 Å². The van der Waals surface area contributed by atoms with Gasteiger partial charge in [0.1, 0.15) is 18.2 Å². The molecule has 9 heteroatoms. The van der Waals surface area contributed by atoms with Crippen molar-refractivity contribution < 1.29 is 19.4 Å². The number of carbonyl (C=O) groups excluding carboxylic acids is 1. The Labute approximate surface area is 150 Å². The number of carbonyl (C=O) groups is 2. The predicted octanol–water partition coefficient (Wildman–Crippen LogP) is 0.938. The van der Waals surface area contributed by atoms with E-state index >= 15 is 0 Å². The monoisotopic (exact) mass is 359 g/mol. The molecule has 26 heavy (non-hydrogen) atoms. The second kappa shape index (κ2) is 7.12. The first-order valence-electron chi connectivity index (χ1n) is 8.20. The average Bonchev–Trinajstić information content (AvgIpc) is 2.61. The van der Waals surface area contributed by atoms with E-state index in [9.17, 15) is 14.7 Å². The fourth-order valence-corrected chi connectivity index (χ4v) is 3.24. The number of anilines is 1. The summed E-state index contributed by atoms with van der Waals surface area (Å²) in [5.74, 6) is 0.136. The summed E-state index contributed by atoms with van der Waals surface area (Å²) >= 11 is 0. The minimum Gasteiger partial charge on any atom is -0.465 e. The number of nitrogens with zero attached hydrogens (tertiary/aromatic N) is 4. The van der Waals surface area contributed by atoms with Crippen molar-refractivity contribution in [3.63, 3.8) is 0 Å². The third kappa shape index (κ3) is 3.25. The van der Waals surface area contributed by atoms with Crippen LogP contribution in [-0.2, 0) is 16.1 Å². The number of aromatic nitrogens is 2. The van der Waals surface area contributed by atoms with Crippen LogP contribution in [0, 0.1) is 0 Å². The molecule has 2 unspecified atom stereocenters. The van der Waals surface area contributed by atoms with Crippen molar-refractivity contribution >= 4 is 28.7 Å². The van der Waals surface area contributed by atoms with Crippen LogP contribution in [-0.4, -0.2) is 69.2 Å². The zero-order valence-corrected chi connectivity index (χ0v) is 14.6. The molecular weight excluding hydrogens is 338 g/mol. The molecule has 0 spiro atoms. The third-order valence-electron chi connectivity index (χ3n) is 4.59. The number of benzene rings is 1. The van der Waals surface area contributed by atoms with E-state index in [1.807, 2.05) is 25.1 Å². The molecule has 2 aromatic rings. The van der Waals surface area contributed by atoms with Crippen molar-refractivity contribution in [2.75, 3.05) is 26.0 Å². The largest absolute Gasteiger partial charge is 0.465 e. The molecule has 3 N–H and O–H groups in total. The Morgan fingerprint density at radius 1 is 1.42 bits per heavy atom. The summed E-state index contributed by atoms with van der Waals surface area (Å²) in [7, 11) is 1.45. The van der Waals surface area contributed by atoms with E-state index in [0.29, 0.717) is 17.9 Å². The first kappa shape index (κ1) is 17.9. The summed E-state index contributed by atoms with van der Waals surface area (Å²) in [6.07, 6.45) is 0.278. The van der Waals surface area contributed by atoms with Crippen LogP contribution in [0.4, 0.5) is 10.6 Å². The highest BCUT2D eigenvalue weighted by Gasteiger charge is 2.40. The molecule has 0 radical (unpaired) electrons. The van der Waals surface area contributed by atoms with E-state index in [4.69, 9.17) is 10.5 Å². The Balaban J connectivity index is 1.86. The topological polar surface area (TPSA) is 122 Å². The lowest BCUT2D eigenvalue weighted by atomic mass is 10.0. The Morgan fingerprint density at radius 2 is 2.19 bits per heavy atom. The highest BCUT2D eigenvalue weighted by molar-refractivity contribution is 5.89. The SMILES string of the molecule is COCC1C(=O)N(Cc2ccc3c(N)ncnc3c2)C(C)CN1C(=O)O. The van der Waals surface area contributed by atoms with Crippen LogP contribution in [0.25, 0.3) is 10.9 Å². The maximum absolute atomic E-state index is 12.9. The summed E-state index contributed by atoms with van der Waals surface area (Å²) in [6.45, 7) is 2.44. The normalized spacial score (nSPS) is 20.6. The van der Waals surface area contributed by atoms with Gasteiger partial charge < -0.3 is 20.5 Å². The molecule has 1 aliphatic rings. The number of nitrogens with two attached hydrogens (primary N) is 1. The molecular formula is C17H21N5O4. The Kier molecular flexibility index (Phi) is 4.90. The van der Waals surface area contributed by atoms with Crippen molar-refractivity contribution in [3.8, 4) is 0 Å². The number of hydrogen-bond donors (Lipinski definition) is 2. The van der Waals surface area contributed by atoms with E-state index in [2.05, 4.69) is 9.97 Å². The second-order valence-corrected chi connectivity index (χ2v) is 6.33. The lowest BCUT2D eigenvalue weighted by molar-refractivity contribution is -0.147. The lowest BCUT2D eigenvalue weighted by Gasteiger charge is -2.43. The number of hydrogen-bond acceptors (Lipinski definition) is 6. The van der Waals surface area contributed by atoms with E-state index in [1.165, 1.54) is 13.4 Å². The van der Waals surface area contributed by atoms with Gasteiger partial charge in [-0.05, 0) is 24.6 Å². The first-order valence-corrected chi connectivity index (χ1v) is 8.20. The van der Waals surface area contributed by atoms with Crippen molar-refractivity contribution in [2.24, 2.45) is 0 Å². The lowest BCUT2D eigenvalue weighted by Crippen LogP contribution is -2.63. The van der Waals surface area contributed by atoms with Gasteiger partial charge in [-0.15, -0.1) is 0 Å². The minimum absolute atomic E-state index is 0.0236. The van der Waals surface area contributed by atoms with Gasteiger partial charge in [0.25, 0.3) is 0 Å². The standard InChI is InChI=1S/C17H21N5O4/c1-10-6-22(17(24)25)14(8-26-2)16(23)21(10)7-11-3-4-12-13(5-11)19-9-20-15(12)18/h3-5,9-10,14H,6-8H2,1-2H3,(H,24,25)(H2,18,19,20). The molecule has 9 nitrogen and oxygen atoms in total. The van der Waals surface area contributed by atoms with E-state index < -0.39 is 12.1 Å². The van der Waals surface area contributed by atoms with Gasteiger partial charge in [-0.3, -0.25) is 9.69 Å². The molecule has 0 saturated carbocycles. The summed E-state index contributed by atoms with van der Waals surface area (Å²) in [5, 5.41) is 10.1. The van der Waals surface area contributed by atoms with Crippen molar-refractivity contribution in [3.05, 3.63) is 30.1 Å². The summed E-state index contributed by atoms with van der Waals surface area (Å²) in [5.41, 5.74) is 7.43. The highest BCUT2D eigenvalue weighted by Crippen LogP contribution is 2.23. The predicted molar refractivity (Wildman–Crippen MR) is 94.4 cm³/mol. The molecule has 1 saturated heterocycles. The van der Waals surface area contributed by atoms with Gasteiger partial charge in [0.15, 0.2) is 0 Å². The van der Waals surface area contributed by atoms with Gasteiger partial charge in [-0.1, -0.05) is 6.07 Å². The summed E-state index contributed by atoms with van der Waals surface area (Å²) in [4.78, 5) is 35.3. The second-order valence-electron chi connectivity index (χ2n) is 6.33. The molecule has 1 aromatic heterocycles. The highest BCUT2D eigenvalue weighted by atomic mass is 16.5. The van der Waals surface area contributed by atoms with Gasteiger partial charge >= 0.3 is 6.09 Å². The number of piperazine rings is 1. The van der Waals surface area contributed by atoms with Crippen LogP contribution in [0.2, 0.25) is 0 Å². The first-order chi connectivity index (χ1) is 12.4. The molecule has 2 amide bonds. The number of ether oxygens (including phenoxy) is 1. The molecule has 0 bridgehead atoms. The van der Waals surface area contributed by atoms with E-state index in [-0.39, 0.29) is 25.1 Å². The number of rotatable bonds is 4. The molecule has 1 aromatic carbocycles. The van der Waals surface area contributed by atoms with Crippen molar-refractivity contribution in [1.82, 2.24) is 19.8 Å². The van der Waals surface area contributed by atoms with Gasteiger partial charge in [0.05, 0.1) is 12.1 Å². The molecule has 2 heterocycles. The third-order valence-corrected chi connectivity index (χ3v) is 4.59. The molecule has 1 fully saturated rings. The van der Waals surface area contributed by atoms with Gasteiger partial charge in [-0.2, -0.15) is 0 Å². The minimum atomic E-state index is -1.12. The molecule has 1 aliphatic heterocycles. The molecule has 2 atom stereocenters. The Hall–Kier alpha value is -2.94. The van der Waals surface area contributed by atoms with Crippen LogP contribution in [0.3, 0.4) is 0 Å². The average molecular weight is 359 g/mol. The zero-order valence-electron chi connectivity index (χ0n) is 14.6. The Bertz CT molecular complexity index is 843. The summed E-state index contributed by atoms with van der Waals surface area (Å²) in [6, 6.07) is 4.47. The zero-order chi connectivity index (χ0) is 18.8. The Morgan fingerprint density at radius 3 is 2.88 bits per heavy atom. The number of methoxy groups -OCH3 is 1. The fourth-order valence-electron chi connectivity index (χ4n) is 3.24. The van der Waals surface area contributed by atoms with Crippen LogP contribution in [0.5, 0.6) is 0 Å². The maximum Gasteiger partial charge on any atom is 0.408 e. The molecule has 3 rings (SSSR count). The van der Waals surface area contributed by atoms with Crippen LogP contribution in [0.1, 0.15) is 12.5 Å². The quantitative estimate of drug-likeness (QED) is 0.833. The fraction of sp³-hybridized carbons (Fsp3) is 0.412. The molecule has 0 aliphatic carbocycles. The van der Waals surface area contributed by atoms with Crippen LogP contribution < -0.4 is 5.73 Å². The van der Waals surface area contributed by atoms with Gasteiger partial charge in [-0.25, -0.2) is 14.8 Å². The number of carboxylic acid groups (broad SMARTS) is 1. The van der Waals surface area contributed by atoms with Crippen LogP contribution in [0.15, 0.2) is 24.5 Å². The maximum atomic E-state index is 12.9. The number of nitrogen functional groups attached to an aromatic ring is 1. The van der Waals surface area contributed by atoms with Gasteiger partial charge in [0, 0.05) is 31.6 Å². The van der Waals surface area contributed by atoms with E-state index in [0.717, 1.165) is 15.8 Å². The van der Waals surface area contributed by atoms with Crippen molar-refractivity contribution in [2.45, 2.75) is 25.6 Å². The molecule has 138 valence electrons. The van der Waals surface area contributed by atoms with Crippen LogP contribution >= 0.6 is 0 Å². The summed E-state index contributed by atoms with van der Waals surface area (Å²) < 4.78 is 5.05. The van der Waals surface area contributed by atoms with Crippen molar-refractivity contribution in [1.29, 1.82) is 0 Å².